The van der Waals surface area contributed by atoms with Gasteiger partial charge in [-0.2, -0.15) is 0 Å². The normalized spacial score (nSPS) is 20.3. The van der Waals surface area contributed by atoms with Crippen LogP contribution < -0.4 is 4.74 Å². The van der Waals surface area contributed by atoms with Gasteiger partial charge in [-0.3, -0.25) is 4.79 Å². The third-order valence-corrected chi connectivity index (χ3v) is 5.85. The molecule has 7 heteroatoms. The molecule has 0 aliphatic carbocycles. The van der Waals surface area contributed by atoms with Crippen LogP contribution in [0.4, 0.5) is 0 Å². The van der Waals surface area contributed by atoms with Crippen LogP contribution in [0.25, 0.3) is 0 Å². The quantitative estimate of drug-likeness (QED) is 0.848. The Morgan fingerprint density at radius 2 is 2.10 bits per heavy atom. The molecule has 0 spiro atoms. The number of ether oxygens (including phenoxy) is 1. The maximum absolute atomic E-state index is 12.5. The first kappa shape index (κ1) is 16.1. The Kier molecular flexibility index (Phi) is 4.49. The summed E-state index contributed by atoms with van der Waals surface area (Å²) < 4.78 is 28.2. The maximum Gasteiger partial charge on any atom is 0.254 e. The number of carbonyl (C=O) groups excluding carboxylic acids is 1. The fourth-order valence-electron chi connectivity index (χ4n) is 2.48. The number of methoxy groups -OCH3 is 1. The summed E-state index contributed by atoms with van der Waals surface area (Å²) in [6.45, 7) is 1.80. The van der Waals surface area contributed by atoms with Gasteiger partial charge in [0, 0.05) is 18.7 Å². The number of benzene rings is 1. The smallest absolute Gasteiger partial charge is 0.254 e. The fraction of sp³-hybridized carbons (Fsp3) is 0.500. The SMILES string of the molecule is COc1cc(C)c(C(=O)N(C)C2CCS(=O)(=O)C2)cc1Cl. The summed E-state index contributed by atoms with van der Waals surface area (Å²) in [7, 11) is 0.117. The summed E-state index contributed by atoms with van der Waals surface area (Å²) in [6.07, 6.45) is 0.480. The van der Waals surface area contributed by atoms with Crippen molar-refractivity contribution >= 4 is 27.3 Å². The van der Waals surface area contributed by atoms with E-state index >= 15 is 0 Å². The molecule has 1 aromatic carbocycles. The molecule has 0 bridgehead atoms. The fourth-order valence-corrected chi connectivity index (χ4v) is 4.49. The van der Waals surface area contributed by atoms with Gasteiger partial charge in [0.25, 0.3) is 5.91 Å². The van der Waals surface area contributed by atoms with E-state index in [1.54, 1.807) is 26.1 Å². The van der Waals surface area contributed by atoms with Gasteiger partial charge < -0.3 is 9.64 Å². The van der Waals surface area contributed by atoms with Gasteiger partial charge >= 0.3 is 0 Å². The predicted molar refractivity (Wildman–Crippen MR) is 81.9 cm³/mol. The Morgan fingerprint density at radius 3 is 2.62 bits per heavy atom. The van der Waals surface area contributed by atoms with Crippen molar-refractivity contribution in [2.45, 2.75) is 19.4 Å². The first-order chi connectivity index (χ1) is 9.75. The standard InChI is InChI=1S/C14H18ClNO4S/c1-9-6-13(20-3)12(15)7-11(9)14(17)16(2)10-4-5-21(18,19)8-10/h6-7,10H,4-5,8H2,1-3H3. The second kappa shape index (κ2) is 5.85. The van der Waals surface area contributed by atoms with E-state index in [9.17, 15) is 13.2 Å². The third kappa shape index (κ3) is 3.32. The van der Waals surface area contributed by atoms with Gasteiger partial charge in [-0.25, -0.2) is 8.42 Å². The molecule has 0 aromatic heterocycles. The number of halogens is 1. The zero-order chi connectivity index (χ0) is 15.8. The first-order valence-corrected chi connectivity index (χ1v) is 8.77. The Bertz CT molecular complexity index is 672. The summed E-state index contributed by atoms with van der Waals surface area (Å²) in [4.78, 5) is 14.0. The Labute approximate surface area is 129 Å². The number of hydrogen-bond acceptors (Lipinski definition) is 4. The number of rotatable bonds is 3. The van der Waals surface area contributed by atoms with Gasteiger partial charge in [0.15, 0.2) is 9.84 Å². The summed E-state index contributed by atoms with van der Waals surface area (Å²) in [5.41, 5.74) is 1.21. The predicted octanol–water partition coefficient (Wildman–Crippen LogP) is 1.92. The Balaban J connectivity index is 2.26. The molecular formula is C14H18ClNO4S. The van der Waals surface area contributed by atoms with Crippen molar-refractivity contribution in [3.63, 3.8) is 0 Å². The molecule has 1 aliphatic heterocycles. The molecule has 0 radical (unpaired) electrons. The molecule has 116 valence electrons. The van der Waals surface area contributed by atoms with E-state index in [0.29, 0.717) is 22.8 Å². The van der Waals surface area contributed by atoms with Crippen molar-refractivity contribution in [1.82, 2.24) is 4.90 Å². The van der Waals surface area contributed by atoms with Crippen LogP contribution in [0, 0.1) is 6.92 Å². The number of sulfone groups is 1. The third-order valence-electron chi connectivity index (χ3n) is 3.81. The molecule has 0 saturated carbocycles. The highest BCUT2D eigenvalue weighted by molar-refractivity contribution is 7.91. The average Bonchev–Trinajstić information content (AvgIpc) is 2.79. The summed E-state index contributed by atoms with van der Waals surface area (Å²) >= 11 is 6.06. The van der Waals surface area contributed by atoms with Gasteiger partial charge in [0.1, 0.15) is 5.75 Å². The van der Waals surface area contributed by atoms with Crippen molar-refractivity contribution in [2.24, 2.45) is 0 Å². The Hall–Kier alpha value is -1.27. The molecule has 2 rings (SSSR count). The van der Waals surface area contributed by atoms with Gasteiger partial charge in [-0.1, -0.05) is 11.6 Å². The monoisotopic (exact) mass is 331 g/mol. The van der Waals surface area contributed by atoms with E-state index in [-0.39, 0.29) is 23.5 Å². The van der Waals surface area contributed by atoms with E-state index in [2.05, 4.69) is 0 Å². The molecule has 1 unspecified atom stereocenters. The van der Waals surface area contributed by atoms with Crippen LogP contribution in [0.3, 0.4) is 0 Å². The highest BCUT2D eigenvalue weighted by atomic mass is 35.5. The lowest BCUT2D eigenvalue weighted by Gasteiger charge is -2.24. The van der Waals surface area contributed by atoms with Crippen LogP contribution >= 0.6 is 11.6 Å². The maximum atomic E-state index is 12.5. The van der Waals surface area contributed by atoms with Crippen molar-refractivity contribution in [2.75, 3.05) is 25.7 Å². The van der Waals surface area contributed by atoms with Crippen LogP contribution in [0.15, 0.2) is 12.1 Å². The topological polar surface area (TPSA) is 63.7 Å². The van der Waals surface area contributed by atoms with E-state index in [1.165, 1.54) is 12.0 Å². The second-order valence-electron chi connectivity index (χ2n) is 5.27. The highest BCUT2D eigenvalue weighted by Gasteiger charge is 2.33. The van der Waals surface area contributed by atoms with Crippen molar-refractivity contribution in [3.8, 4) is 5.75 Å². The summed E-state index contributed by atoms with van der Waals surface area (Å²) in [5, 5.41) is 0.360. The minimum Gasteiger partial charge on any atom is -0.495 e. The largest absolute Gasteiger partial charge is 0.495 e. The van der Waals surface area contributed by atoms with Crippen LogP contribution in [0.1, 0.15) is 22.3 Å². The van der Waals surface area contributed by atoms with Crippen LogP contribution in [-0.4, -0.2) is 50.9 Å². The molecule has 1 atom stereocenters. The van der Waals surface area contributed by atoms with E-state index in [0.717, 1.165) is 5.56 Å². The summed E-state index contributed by atoms with van der Waals surface area (Å²) in [5.74, 6) is 0.450. The minimum atomic E-state index is -3.03. The molecule has 5 nitrogen and oxygen atoms in total. The molecule has 21 heavy (non-hydrogen) atoms. The Morgan fingerprint density at radius 1 is 1.43 bits per heavy atom. The van der Waals surface area contributed by atoms with Crippen LogP contribution in [0.5, 0.6) is 5.75 Å². The lowest BCUT2D eigenvalue weighted by Crippen LogP contribution is -2.38. The van der Waals surface area contributed by atoms with Gasteiger partial charge in [0.2, 0.25) is 0 Å². The lowest BCUT2D eigenvalue weighted by molar-refractivity contribution is 0.0747. The highest BCUT2D eigenvalue weighted by Crippen LogP contribution is 2.29. The molecule has 1 fully saturated rings. The van der Waals surface area contributed by atoms with Crippen LogP contribution in [0.2, 0.25) is 5.02 Å². The minimum absolute atomic E-state index is 0.0260. The van der Waals surface area contributed by atoms with Gasteiger partial charge in [0.05, 0.1) is 23.6 Å². The molecule has 1 aliphatic rings. The number of aryl methyl sites for hydroxylation is 1. The summed E-state index contributed by atoms with van der Waals surface area (Å²) in [6, 6.07) is 3.00. The second-order valence-corrected chi connectivity index (χ2v) is 7.91. The zero-order valence-corrected chi connectivity index (χ0v) is 13.8. The molecule has 0 N–H and O–H groups in total. The number of carbonyl (C=O) groups is 1. The van der Waals surface area contributed by atoms with E-state index in [4.69, 9.17) is 16.3 Å². The zero-order valence-electron chi connectivity index (χ0n) is 12.2. The lowest BCUT2D eigenvalue weighted by atomic mass is 10.1. The van der Waals surface area contributed by atoms with E-state index < -0.39 is 9.84 Å². The van der Waals surface area contributed by atoms with Crippen molar-refractivity contribution in [3.05, 3.63) is 28.3 Å². The first-order valence-electron chi connectivity index (χ1n) is 6.57. The van der Waals surface area contributed by atoms with Crippen LogP contribution in [-0.2, 0) is 9.84 Å². The number of hydrogen-bond donors (Lipinski definition) is 0. The average molecular weight is 332 g/mol. The molecule has 1 saturated heterocycles. The number of nitrogens with zero attached hydrogens (tertiary/aromatic N) is 1. The van der Waals surface area contributed by atoms with Gasteiger partial charge in [-0.15, -0.1) is 0 Å². The molecule has 1 heterocycles. The molecule has 1 aromatic rings. The van der Waals surface area contributed by atoms with Crippen molar-refractivity contribution in [1.29, 1.82) is 0 Å². The van der Waals surface area contributed by atoms with Gasteiger partial charge in [-0.05, 0) is 31.0 Å². The molecular weight excluding hydrogens is 314 g/mol. The van der Waals surface area contributed by atoms with E-state index in [1.807, 2.05) is 0 Å². The molecule has 1 amide bonds. The number of amides is 1. The van der Waals surface area contributed by atoms with Crippen molar-refractivity contribution < 1.29 is 17.9 Å².